The SMILES string of the molecule is CNc1ncnc2cc(OC)c(NC(=O)C3CCCN3C(=O)[C@@H](NC(=O)[C@H](C)NC)C(C)(C)C)cc12. The van der Waals surface area contributed by atoms with Crippen LogP contribution in [0.3, 0.4) is 0 Å². The van der Waals surface area contributed by atoms with Crippen molar-refractivity contribution >= 4 is 40.1 Å². The van der Waals surface area contributed by atoms with Gasteiger partial charge in [0.15, 0.2) is 0 Å². The molecule has 0 aliphatic carbocycles. The van der Waals surface area contributed by atoms with Crippen LogP contribution in [-0.2, 0) is 14.4 Å². The molecule has 196 valence electrons. The summed E-state index contributed by atoms with van der Waals surface area (Å²) in [6.07, 6.45) is 2.67. The van der Waals surface area contributed by atoms with Crippen molar-refractivity contribution < 1.29 is 19.1 Å². The van der Waals surface area contributed by atoms with Crippen molar-refractivity contribution in [2.75, 3.05) is 38.4 Å². The van der Waals surface area contributed by atoms with E-state index in [4.69, 9.17) is 4.74 Å². The summed E-state index contributed by atoms with van der Waals surface area (Å²) in [5.74, 6) is 0.218. The van der Waals surface area contributed by atoms with Gasteiger partial charge in [0.05, 0.1) is 24.4 Å². The standard InChI is InChI=1S/C25H37N7O4/c1-14(26-5)22(33)31-20(25(2,3)4)24(35)32-10-8-9-18(32)23(34)30-17-11-15-16(12-19(17)36-7)28-13-29-21(15)27-6/h11-14,18,20,26H,8-10H2,1-7H3,(H,30,34)(H,31,33)(H,27,28,29)/t14-,18?,20+/m0/s1. The van der Waals surface area contributed by atoms with Crippen LogP contribution < -0.4 is 26.0 Å². The zero-order valence-electron chi connectivity index (χ0n) is 22.1. The lowest BCUT2D eigenvalue weighted by atomic mass is 9.85. The predicted molar refractivity (Wildman–Crippen MR) is 139 cm³/mol. The third-order valence-electron chi connectivity index (χ3n) is 6.52. The third kappa shape index (κ3) is 5.67. The summed E-state index contributed by atoms with van der Waals surface area (Å²) in [6.45, 7) is 7.85. The van der Waals surface area contributed by atoms with Crippen LogP contribution in [0.15, 0.2) is 18.5 Å². The van der Waals surface area contributed by atoms with E-state index in [0.717, 1.165) is 5.39 Å². The molecular formula is C25H37N7O4. The molecule has 0 radical (unpaired) electrons. The fourth-order valence-electron chi connectivity index (χ4n) is 4.28. The molecule has 0 spiro atoms. The molecule has 36 heavy (non-hydrogen) atoms. The average molecular weight is 500 g/mol. The van der Waals surface area contributed by atoms with Crippen molar-refractivity contribution in [3.8, 4) is 5.75 Å². The lowest BCUT2D eigenvalue weighted by molar-refractivity contribution is -0.143. The van der Waals surface area contributed by atoms with Crippen LogP contribution in [0.5, 0.6) is 5.75 Å². The smallest absolute Gasteiger partial charge is 0.247 e. The molecule has 1 aromatic heterocycles. The Hall–Kier alpha value is -3.47. The number of methoxy groups -OCH3 is 1. The van der Waals surface area contributed by atoms with E-state index in [-0.39, 0.29) is 17.7 Å². The van der Waals surface area contributed by atoms with Gasteiger partial charge in [0.1, 0.15) is 30.0 Å². The Morgan fingerprint density at radius 2 is 1.89 bits per heavy atom. The van der Waals surface area contributed by atoms with Gasteiger partial charge < -0.3 is 30.9 Å². The van der Waals surface area contributed by atoms with Crippen molar-refractivity contribution in [3.63, 3.8) is 0 Å². The van der Waals surface area contributed by atoms with Crippen LogP contribution in [0, 0.1) is 5.41 Å². The van der Waals surface area contributed by atoms with Crippen LogP contribution in [0.4, 0.5) is 11.5 Å². The summed E-state index contributed by atoms with van der Waals surface area (Å²) >= 11 is 0. The van der Waals surface area contributed by atoms with E-state index in [1.807, 2.05) is 20.8 Å². The highest BCUT2D eigenvalue weighted by molar-refractivity contribution is 6.02. The van der Waals surface area contributed by atoms with Gasteiger partial charge in [-0.05, 0) is 38.3 Å². The van der Waals surface area contributed by atoms with E-state index < -0.39 is 23.5 Å². The maximum Gasteiger partial charge on any atom is 0.247 e. The Labute approximate surface area is 211 Å². The summed E-state index contributed by atoms with van der Waals surface area (Å²) < 4.78 is 5.49. The molecule has 2 aromatic rings. The zero-order chi connectivity index (χ0) is 26.6. The van der Waals surface area contributed by atoms with Gasteiger partial charge in [0.2, 0.25) is 17.7 Å². The Morgan fingerprint density at radius 1 is 1.17 bits per heavy atom. The van der Waals surface area contributed by atoms with Crippen molar-refractivity contribution in [3.05, 3.63) is 18.5 Å². The van der Waals surface area contributed by atoms with Crippen LogP contribution in [0.25, 0.3) is 10.9 Å². The Bertz CT molecular complexity index is 1130. The van der Waals surface area contributed by atoms with Crippen LogP contribution in [-0.4, -0.2) is 78.5 Å². The summed E-state index contributed by atoms with van der Waals surface area (Å²) in [5, 5.41) is 12.5. The Kier molecular flexibility index (Phi) is 8.34. The number of nitrogens with zero attached hydrogens (tertiary/aromatic N) is 3. The van der Waals surface area contributed by atoms with E-state index in [1.165, 1.54) is 13.4 Å². The molecule has 2 heterocycles. The van der Waals surface area contributed by atoms with Crippen LogP contribution in [0.1, 0.15) is 40.5 Å². The fraction of sp³-hybridized carbons (Fsp3) is 0.560. The quantitative estimate of drug-likeness (QED) is 0.431. The average Bonchev–Trinajstić information content (AvgIpc) is 3.35. The number of fused-ring (bicyclic) bond motifs is 1. The second kappa shape index (κ2) is 11.1. The normalized spacial score (nSPS) is 17.4. The van der Waals surface area contributed by atoms with Gasteiger partial charge in [-0.15, -0.1) is 0 Å². The molecule has 1 aliphatic heterocycles. The number of benzene rings is 1. The highest BCUT2D eigenvalue weighted by atomic mass is 16.5. The minimum Gasteiger partial charge on any atom is -0.494 e. The summed E-state index contributed by atoms with van der Waals surface area (Å²) in [6, 6.07) is 1.60. The number of rotatable bonds is 8. The second-order valence-electron chi connectivity index (χ2n) is 10.0. The first kappa shape index (κ1) is 27.1. The summed E-state index contributed by atoms with van der Waals surface area (Å²) in [4.78, 5) is 49.8. The molecule has 1 saturated heterocycles. The van der Waals surface area contributed by atoms with Crippen LogP contribution in [0.2, 0.25) is 0 Å². The molecule has 4 N–H and O–H groups in total. The van der Waals surface area contributed by atoms with Gasteiger partial charge in [0.25, 0.3) is 0 Å². The number of aromatic nitrogens is 2. The maximum atomic E-state index is 13.6. The second-order valence-corrected chi connectivity index (χ2v) is 10.0. The van der Waals surface area contributed by atoms with Gasteiger partial charge >= 0.3 is 0 Å². The molecule has 1 unspecified atom stereocenters. The Morgan fingerprint density at radius 3 is 2.50 bits per heavy atom. The van der Waals surface area contributed by atoms with Gasteiger partial charge in [-0.1, -0.05) is 20.8 Å². The van der Waals surface area contributed by atoms with E-state index in [1.54, 1.807) is 38.1 Å². The number of likely N-dealkylation sites (N-methyl/N-ethyl adjacent to an activating group) is 1. The largest absolute Gasteiger partial charge is 0.494 e. The highest BCUT2D eigenvalue weighted by Gasteiger charge is 2.42. The van der Waals surface area contributed by atoms with Crippen molar-refractivity contribution in [2.45, 2.75) is 58.7 Å². The number of carbonyl (C=O) groups is 3. The first-order chi connectivity index (χ1) is 17.0. The monoisotopic (exact) mass is 499 g/mol. The number of ether oxygens (including phenoxy) is 1. The van der Waals surface area contributed by atoms with E-state index >= 15 is 0 Å². The minimum absolute atomic E-state index is 0.269. The molecule has 1 aromatic carbocycles. The lowest BCUT2D eigenvalue weighted by Crippen LogP contribution is -2.59. The van der Waals surface area contributed by atoms with Crippen molar-refractivity contribution in [2.24, 2.45) is 5.41 Å². The summed E-state index contributed by atoms with van der Waals surface area (Å²) in [7, 11) is 4.96. The highest BCUT2D eigenvalue weighted by Crippen LogP contribution is 2.33. The molecule has 0 bridgehead atoms. The fourth-order valence-corrected chi connectivity index (χ4v) is 4.28. The molecule has 3 rings (SSSR count). The third-order valence-corrected chi connectivity index (χ3v) is 6.52. The summed E-state index contributed by atoms with van der Waals surface area (Å²) in [5.41, 5.74) is 0.583. The number of likely N-dealkylation sites (tertiary alicyclic amines) is 1. The van der Waals surface area contributed by atoms with E-state index in [2.05, 4.69) is 31.2 Å². The van der Waals surface area contributed by atoms with E-state index in [9.17, 15) is 14.4 Å². The number of nitrogens with one attached hydrogen (secondary N) is 4. The molecule has 0 saturated carbocycles. The number of hydrogen-bond acceptors (Lipinski definition) is 8. The van der Waals surface area contributed by atoms with Crippen LogP contribution >= 0.6 is 0 Å². The van der Waals surface area contributed by atoms with Gasteiger partial charge in [0, 0.05) is 25.0 Å². The Balaban J connectivity index is 1.86. The molecule has 1 fully saturated rings. The van der Waals surface area contributed by atoms with Crippen molar-refractivity contribution in [1.29, 1.82) is 0 Å². The molecule has 11 nitrogen and oxygen atoms in total. The van der Waals surface area contributed by atoms with Gasteiger partial charge in [-0.3, -0.25) is 14.4 Å². The first-order valence-corrected chi connectivity index (χ1v) is 12.1. The molecule has 3 amide bonds. The molecule has 3 atom stereocenters. The number of carbonyl (C=O) groups excluding carboxylic acids is 3. The maximum absolute atomic E-state index is 13.6. The van der Waals surface area contributed by atoms with Crippen molar-refractivity contribution in [1.82, 2.24) is 25.5 Å². The topological polar surface area (TPSA) is 138 Å². The first-order valence-electron chi connectivity index (χ1n) is 12.1. The zero-order valence-corrected chi connectivity index (χ0v) is 22.1. The van der Waals surface area contributed by atoms with E-state index in [0.29, 0.717) is 42.2 Å². The molecular weight excluding hydrogens is 462 g/mol. The number of hydrogen-bond donors (Lipinski definition) is 4. The van der Waals surface area contributed by atoms with Gasteiger partial charge in [-0.25, -0.2) is 9.97 Å². The predicted octanol–water partition coefficient (Wildman–Crippen LogP) is 1.75. The molecule has 1 aliphatic rings. The number of anilines is 2. The van der Waals surface area contributed by atoms with Gasteiger partial charge in [-0.2, -0.15) is 0 Å². The lowest BCUT2D eigenvalue weighted by Gasteiger charge is -2.36. The minimum atomic E-state index is -0.778. The molecule has 11 heteroatoms. The number of amides is 3.